The molecule has 2 aromatic rings. The highest BCUT2D eigenvalue weighted by molar-refractivity contribution is 5.90. The van der Waals surface area contributed by atoms with Crippen molar-refractivity contribution in [2.24, 2.45) is 0 Å². The van der Waals surface area contributed by atoms with Crippen molar-refractivity contribution in [3.63, 3.8) is 0 Å². The molecule has 22 heavy (non-hydrogen) atoms. The van der Waals surface area contributed by atoms with Crippen molar-refractivity contribution < 1.29 is 19.8 Å². The number of aryl methyl sites for hydroxylation is 1. The molecule has 0 atom stereocenters. The number of rotatable bonds is 3. The molecule has 0 aromatic heterocycles. The maximum Gasteiger partial charge on any atom is 0.337 e. The van der Waals surface area contributed by atoms with Crippen molar-refractivity contribution in [3.05, 3.63) is 70.8 Å². The van der Waals surface area contributed by atoms with E-state index in [-0.39, 0.29) is 11.1 Å². The Morgan fingerprint density at radius 1 is 1.00 bits per heavy atom. The predicted octanol–water partition coefficient (Wildman–Crippen LogP) is 3.20. The quantitative estimate of drug-likeness (QED) is 0.906. The highest BCUT2D eigenvalue weighted by atomic mass is 16.4. The summed E-state index contributed by atoms with van der Waals surface area (Å²) in [6.45, 7) is 2.04. The standard InChI is InChI=1S/C9H10O2.C8H5NO2/c1-2-7-3-5-8(6-4-7)9(10)11;9-5-6-3-1-2-4-7(6)8(10)11/h3-6H,2H2,1H3,(H,10,11);1-4H,(H,10,11). The predicted molar refractivity (Wildman–Crippen MR) is 80.9 cm³/mol. The molecule has 0 aliphatic rings. The van der Waals surface area contributed by atoms with Gasteiger partial charge in [-0.3, -0.25) is 0 Å². The van der Waals surface area contributed by atoms with Gasteiger partial charge in [-0.25, -0.2) is 9.59 Å². The first-order chi connectivity index (χ1) is 10.5. The molecule has 0 spiro atoms. The summed E-state index contributed by atoms with van der Waals surface area (Å²) >= 11 is 0. The van der Waals surface area contributed by atoms with Gasteiger partial charge in [-0.05, 0) is 36.2 Å². The molecule has 0 saturated carbocycles. The molecular weight excluding hydrogens is 282 g/mol. The molecule has 0 aliphatic heterocycles. The van der Waals surface area contributed by atoms with E-state index in [9.17, 15) is 9.59 Å². The zero-order chi connectivity index (χ0) is 16.5. The van der Waals surface area contributed by atoms with Crippen LogP contribution in [0.25, 0.3) is 0 Å². The first-order valence-corrected chi connectivity index (χ1v) is 6.54. The topological polar surface area (TPSA) is 98.4 Å². The van der Waals surface area contributed by atoms with Gasteiger partial charge >= 0.3 is 11.9 Å². The van der Waals surface area contributed by atoms with E-state index in [0.29, 0.717) is 5.56 Å². The van der Waals surface area contributed by atoms with Crippen molar-refractivity contribution in [2.45, 2.75) is 13.3 Å². The Kier molecular flexibility index (Phi) is 6.32. The number of nitrogens with zero attached hydrogens (tertiary/aromatic N) is 1. The summed E-state index contributed by atoms with van der Waals surface area (Å²) in [6.07, 6.45) is 0.944. The molecule has 0 fully saturated rings. The monoisotopic (exact) mass is 297 g/mol. The van der Waals surface area contributed by atoms with Crippen LogP contribution in [-0.4, -0.2) is 22.2 Å². The number of aromatic carboxylic acids is 2. The zero-order valence-electron chi connectivity index (χ0n) is 12.0. The lowest BCUT2D eigenvalue weighted by Gasteiger charge is -1.96. The van der Waals surface area contributed by atoms with E-state index in [0.717, 1.165) is 12.0 Å². The van der Waals surface area contributed by atoms with E-state index >= 15 is 0 Å². The van der Waals surface area contributed by atoms with Gasteiger partial charge in [-0.2, -0.15) is 5.26 Å². The second-order valence-electron chi connectivity index (χ2n) is 4.32. The van der Waals surface area contributed by atoms with Crippen LogP contribution in [0.5, 0.6) is 0 Å². The average molecular weight is 297 g/mol. The molecule has 5 heteroatoms. The lowest BCUT2D eigenvalue weighted by Crippen LogP contribution is -1.98. The molecule has 2 N–H and O–H groups in total. The second kappa shape index (κ2) is 8.22. The second-order valence-corrected chi connectivity index (χ2v) is 4.32. The molecule has 0 bridgehead atoms. The molecule has 2 aromatic carbocycles. The number of carboxylic acid groups (broad SMARTS) is 2. The first-order valence-electron chi connectivity index (χ1n) is 6.54. The number of hydrogen-bond donors (Lipinski definition) is 2. The Hall–Kier alpha value is -3.13. The van der Waals surface area contributed by atoms with Gasteiger partial charge in [0.05, 0.1) is 16.7 Å². The van der Waals surface area contributed by atoms with Crippen LogP contribution in [0.1, 0.15) is 38.8 Å². The third-order valence-corrected chi connectivity index (χ3v) is 2.89. The minimum atomic E-state index is -1.07. The van der Waals surface area contributed by atoms with Gasteiger partial charge in [0.25, 0.3) is 0 Å². The van der Waals surface area contributed by atoms with Crippen LogP contribution in [0.2, 0.25) is 0 Å². The van der Waals surface area contributed by atoms with Crippen LogP contribution in [0.3, 0.4) is 0 Å². The number of hydrogen-bond acceptors (Lipinski definition) is 3. The fourth-order valence-electron chi connectivity index (χ4n) is 1.65. The van der Waals surface area contributed by atoms with Gasteiger partial charge < -0.3 is 10.2 Å². The Balaban J connectivity index is 0.000000220. The molecular formula is C17H15NO4. The summed E-state index contributed by atoms with van der Waals surface area (Å²) in [4.78, 5) is 20.8. The molecule has 0 aliphatic carbocycles. The third kappa shape index (κ3) is 4.76. The van der Waals surface area contributed by atoms with E-state index in [2.05, 4.69) is 0 Å². The lowest BCUT2D eigenvalue weighted by atomic mass is 10.1. The summed E-state index contributed by atoms with van der Waals surface area (Å²) in [7, 11) is 0. The van der Waals surface area contributed by atoms with E-state index in [1.54, 1.807) is 30.3 Å². The molecule has 0 heterocycles. The Labute approximate surface area is 128 Å². The van der Waals surface area contributed by atoms with E-state index in [1.807, 2.05) is 19.1 Å². The van der Waals surface area contributed by atoms with Gasteiger partial charge in [0, 0.05) is 0 Å². The summed E-state index contributed by atoms with van der Waals surface area (Å²) in [5.41, 5.74) is 1.76. The maximum absolute atomic E-state index is 10.4. The Bertz CT molecular complexity index is 699. The molecule has 0 radical (unpaired) electrons. The van der Waals surface area contributed by atoms with E-state index in [4.69, 9.17) is 15.5 Å². The van der Waals surface area contributed by atoms with Gasteiger partial charge in [0.15, 0.2) is 0 Å². The number of nitriles is 1. The summed E-state index contributed by atoms with van der Waals surface area (Å²) in [6, 6.07) is 14.8. The molecule has 2 rings (SSSR count). The molecule has 0 amide bonds. The highest BCUT2D eigenvalue weighted by Crippen LogP contribution is 2.06. The van der Waals surface area contributed by atoms with E-state index in [1.165, 1.54) is 12.1 Å². The molecule has 0 saturated heterocycles. The molecule has 5 nitrogen and oxygen atoms in total. The zero-order valence-corrected chi connectivity index (χ0v) is 12.0. The van der Waals surface area contributed by atoms with Gasteiger partial charge in [-0.1, -0.05) is 31.2 Å². The van der Waals surface area contributed by atoms with Crippen LogP contribution in [0.15, 0.2) is 48.5 Å². The SMILES string of the molecule is CCc1ccc(C(=O)O)cc1.N#Cc1ccccc1C(=O)O. The Morgan fingerprint density at radius 3 is 2.00 bits per heavy atom. The average Bonchev–Trinajstić information content (AvgIpc) is 2.55. The highest BCUT2D eigenvalue weighted by Gasteiger charge is 2.06. The van der Waals surface area contributed by atoms with Gasteiger partial charge in [-0.15, -0.1) is 0 Å². The normalized spacial score (nSPS) is 9.09. The fraction of sp³-hybridized carbons (Fsp3) is 0.118. The van der Waals surface area contributed by atoms with Crippen molar-refractivity contribution >= 4 is 11.9 Å². The molecule has 0 unspecified atom stereocenters. The summed E-state index contributed by atoms with van der Waals surface area (Å²) < 4.78 is 0. The van der Waals surface area contributed by atoms with Crippen molar-refractivity contribution in [2.75, 3.05) is 0 Å². The molecule has 112 valence electrons. The Morgan fingerprint density at radius 2 is 1.59 bits per heavy atom. The van der Waals surface area contributed by atoms with Crippen LogP contribution < -0.4 is 0 Å². The van der Waals surface area contributed by atoms with E-state index < -0.39 is 11.9 Å². The third-order valence-electron chi connectivity index (χ3n) is 2.89. The van der Waals surface area contributed by atoms with Gasteiger partial charge in [0.2, 0.25) is 0 Å². The number of carboxylic acids is 2. The van der Waals surface area contributed by atoms with Crippen LogP contribution >= 0.6 is 0 Å². The number of carbonyl (C=O) groups is 2. The smallest absolute Gasteiger partial charge is 0.337 e. The van der Waals surface area contributed by atoms with Crippen LogP contribution in [-0.2, 0) is 6.42 Å². The first kappa shape index (κ1) is 16.9. The summed E-state index contributed by atoms with van der Waals surface area (Å²) in [5.74, 6) is -1.94. The van der Waals surface area contributed by atoms with Crippen molar-refractivity contribution in [3.8, 4) is 6.07 Å². The minimum Gasteiger partial charge on any atom is -0.478 e. The lowest BCUT2D eigenvalue weighted by molar-refractivity contribution is 0.0686. The van der Waals surface area contributed by atoms with Crippen molar-refractivity contribution in [1.82, 2.24) is 0 Å². The largest absolute Gasteiger partial charge is 0.478 e. The van der Waals surface area contributed by atoms with Crippen molar-refractivity contribution in [1.29, 1.82) is 5.26 Å². The minimum absolute atomic E-state index is 0.0509. The number of benzene rings is 2. The fourth-order valence-corrected chi connectivity index (χ4v) is 1.65. The summed E-state index contributed by atoms with van der Waals surface area (Å²) in [5, 5.41) is 25.5. The maximum atomic E-state index is 10.4. The van der Waals surface area contributed by atoms with Crippen LogP contribution in [0.4, 0.5) is 0 Å². The van der Waals surface area contributed by atoms with Gasteiger partial charge in [0.1, 0.15) is 6.07 Å². The van der Waals surface area contributed by atoms with Crippen LogP contribution in [0, 0.1) is 11.3 Å².